The van der Waals surface area contributed by atoms with Gasteiger partial charge in [-0.3, -0.25) is 0 Å². The Morgan fingerprint density at radius 3 is 2.79 bits per heavy atom. The number of hydrogen-bond acceptors (Lipinski definition) is 4. The summed E-state index contributed by atoms with van der Waals surface area (Å²) in [6, 6.07) is 18.6. The number of benzene rings is 2. The smallest absolute Gasteiger partial charge is 0.181 e. The van der Waals surface area contributed by atoms with E-state index in [0.29, 0.717) is 25.2 Å². The van der Waals surface area contributed by atoms with Gasteiger partial charge in [0.15, 0.2) is 5.82 Å². The number of aliphatic hydroxyl groups is 1. The number of fused-ring (bicyclic) bond motifs is 2. The molecule has 3 heterocycles. The predicted molar refractivity (Wildman–Crippen MR) is 114 cm³/mol. The highest BCUT2D eigenvalue weighted by Gasteiger charge is 2.15. The summed E-state index contributed by atoms with van der Waals surface area (Å²) in [5.41, 5.74) is 3.00. The van der Waals surface area contributed by atoms with Gasteiger partial charge in [-0.2, -0.15) is 5.10 Å². The molecule has 0 atom stereocenters. The summed E-state index contributed by atoms with van der Waals surface area (Å²) in [7, 11) is 0. The number of rotatable bonds is 6. The first-order chi connectivity index (χ1) is 14.3. The number of H-pyrrole nitrogens is 1. The molecule has 5 rings (SSSR count). The largest absolute Gasteiger partial charge is 0.396 e. The number of nitrogens with zero attached hydrogens (tertiary/aromatic N) is 4. The lowest BCUT2D eigenvalue weighted by Gasteiger charge is -2.04. The van der Waals surface area contributed by atoms with Crippen LogP contribution in [0.2, 0.25) is 0 Å². The fourth-order valence-electron chi connectivity index (χ4n) is 3.68. The van der Waals surface area contributed by atoms with Gasteiger partial charge >= 0.3 is 0 Å². The van der Waals surface area contributed by atoms with E-state index < -0.39 is 0 Å². The molecular weight excluding hydrogens is 362 g/mol. The van der Waals surface area contributed by atoms with Crippen molar-refractivity contribution in [1.29, 1.82) is 0 Å². The molecule has 0 bridgehead atoms. The van der Waals surface area contributed by atoms with E-state index in [1.54, 1.807) is 6.20 Å². The molecule has 0 aliphatic heterocycles. The normalized spacial score (nSPS) is 11.5. The van der Waals surface area contributed by atoms with Crippen molar-refractivity contribution in [3.05, 3.63) is 78.4 Å². The zero-order valence-electron chi connectivity index (χ0n) is 15.9. The minimum Gasteiger partial charge on any atom is -0.396 e. The van der Waals surface area contributed by atoms with Gasteiger partial charge in [0.25, 0.3) is 0 Å². The molecule has 5 aromatic rings. The highest BCUT2D eigenvalue weighted by Crippen LogP contribution is 2.24. The highest BCUT2D eigenvalue weighted by molar-refractivity contribution is 5.86. The number of aliphatic hydroxyl groups excluding tert-OH is 1. The maximum atomic E-state index is 9.28. The fourth-order valence-corrected chi connectivity index (χ4v) is 3.68. The maximum absolute atomic E-state index is 9.28. The molecule has 3 aromatic heterocycles. The predicted octanol–water partition coefficient (Wildman–Crippen LogP) is 3.95. The minimum atomic E-state index is 0.127. The molecule has 2 N–H and O–H groups in total. The van der Waals surface area contributed by atoms with Crippen molar-refractivity contribution in [2.45, 2.75) is 19.4 Å². The first-order valence-corrected chi connectivity index (χ1v) is 9.76. The van der Waals surface area contributed by atoms with Crippen molar-refractivity contribution in [3.8, 4) is 11.4 Å². The van der Waals surface area contributed by atoms with Crippen molar-refractivity contribution in [2.75, 3.05) is 6.61 Å². The second-order valence-corrected chi connectivity index (χ2v) is 7.10. The van der Waals surface area contributed by atoms with Crippen LogP contribution >= 0.6 is 0 Å². The Balaban J connectivity index is 1.54. The number of aromatic nitrogens is 5. The molecule has 0 amide bonds. The van der Waals surface area contributed by atoms with Gasteiger partial charge in [0.2, 0.25) is 0 Å². The van der Waals surface area contributed by atoms with Crippen LogP contribution in [0.25, 0.3) is 33.2 Å². The Bertz CT molecular complexity index is 1290. The van der Waals surface area contributed by atoms with E-state index in [-0.39, 0.29) is 6.61 Å². The summed E-state index contributed by atoms with van der Waals surface area (Å²) in [5.74, 6) is 1.59. The van der Waals surface area contributed by atoms with Gasteiger partial charge < -0.3 is 10.1 Å². The standard InChI is InChI=1S/C23H21N5O/c29-12-4-11-28-21(14-19-15-25-23-20(19)7-3-10-24-23)26-22(27-28)18-9-8-16-5-1-2-6-17(16)13-18/h1-3,5-10,13,15,29H,4,11-12,14H2,(H,24,25). The van der Waals surface area contributed by atoms with E-state index >= 15 is 0 Å². The van der Waals surface area contributed by atoms with Gasteiger partial charge in [-0.25, -0.2) is 14.6 Å². The van der Waals surface area contributed by atoms with E-state index in [0.717, 1.165) is 28.0 Å². The van der Waals surface area contributed by atoms with E-state index in [4.69, 9.17) is 10.1 Å². The lowest BCUT2D eigenvalue weighted by Crippen LogP contribution is -2.07. The van der Waals surface area contributed by atoms with Crippen LogP contribution in [0.15, 0.2) is 67.0 Å². The molecule has 0 saturated carbocycles. The maximum Gasteiger partial charge on any atom is 0.181 e. The zero-order chi connectivity index (χ0) is 19.6. The Kier molecular flexibility index (Phi) is 4.54. The second kappa shape index (κ2) is 7.48. The lowest BCUT2D eigenvalue weighted by molar-refractivity contribution is 0.276. The number of hydrogen-bond donors (Lipinski definition) is 2. The third-order valence-electron chi connectivity index (χ3n) is 5.17. The molecular formula is C23H21N5O. The molecule has 0 unspecified atom stereocenters. The van der Waals surface area contributed by atoms with Gasteiger partial charge in [0, 0.05) is 42.9 Å². The fraction of sp³-hybridized carbons (Fsp3) is 0.174. The molecule has 0 aliphatic rings. The first kappa shape index (κ1) is 17.6. The average molecular weight is 383 g/mol. The van der Waals surface area contributed by atoms with Crippen LogP contribution in [0, 0.1) is 0 Å². The van der Waals surface area contributed by atoms with Crippen LogP contribution in [0.4, 0.5) is 0 Å². The van der Waals surface area contributed by atoms with Crippen molar-refractivity contribution in [1.82, 2.24) is 24.7 Å². The summed E-state index contributed by atoms with van der Waals surface area (Å²) >= 11 is 0. The van der Waals surface area contributed by atoms with Gasteiger partial charge in [-0.05, 0) is 41.0 Å². The molecule has 6 heteroatoms. The van der Waals surface area contributed by atoms with E-state index in [9.17, 15) is 5.11 Å². The molecule has 0 radical (unpaired) electrons. The summed E-state index contributed by atoms with van der Waals surface area (Å²) < 4.78 is 1.91. The summed E-state index contributed by atoms with van der Waals surface area (Å²) in [6.07, 6.45) is 5.06. The van der Waals surface area contributed by atoms with Crippen LogP contribution in [0.3, 0.4) is 0 Å². The Hall–Kier alpha value is -3.51. The quantitative estimate of drug-likeness (QED) is 0.465. The monoisotopic (exact) mass is 383 g/mol. The number of nitrogens with one attached hydrogen (secondary N) is 1. The molecule has 6 nitrogen and oxygen atoms in total. The number of aromatic amines is 1. The van der Waals surface area contributed by atoms with Crippen LogP contribution in [-0.4, -0.2) is 36.4 Å². The van der Waals surface area contributed by atoms with Crippen molar-refractivity contribution >= 4 is 21.8 Å². The summed E-state index contributed by atoms with van der Waals surface area (Å²) in [5, 5.41) is 17.5. The third kappa shape index (κ3) is 3.39. The first-order valence-electron chi connectivity index (χ1n) is 9.76. The summed E-state index contributed by atoms with van der Waals surface area (Å²) in [4.78, 5) is 12.4. The number of aryl methyl sites for hydroxylation is 1. The molecule has 0 fully saturated rings. The van der Waals surface area contributed by atoms with Crippen LogP contribution < -0.4 is 0 Å². The van der Waals surface area contributed by atoms with Crippen LogP contribution in [0.5, 0.6) is 0 Å². The SMILES string of the molecule is OCCCn1nc(-c2ccc3ccccc3c2)nc1Cc1c[nH]c2ncccc12. The Labute approximate surface area is 167 Å². The van der Waals surface area contributed by atoms with Gasteiger partial charge in [-0.15, -0.1) is 0 Å². The second-order valence-electron chi connectivity index (χ2n) is 7.10. The van der Waals surface area contributed by atoms with Crippen molar-refractivity contribution in [3.63, 3.8) is 0 Å². The van der Waals surface area contributed by atoms with E-state index in [1.165, 1.54) is 10.8 Å². The topological polar surface area (TPSA) is 79.6 Å². The number of pyridine rings is 1. The van der Waals surface area contributed by atoms with Gasteiger partial charge in [0.05, 0.1) is 0 Å². The molecule has 0 spiro atoms. The zero-order valence-corrected chi connectivity index (χ0v) is 15.9. The third-order valence-corrected chi connectivity index (χ3v) is 5.17. The van der Waals surface area contributed by atoms with Gasteiger partial charge in [0.1, 0.15) is 11.5 Å². The molecule has 2 aromatic carbocycles. The Morgan fingerprint density at radius 2 is 1.90 bits per heavy atom. The average Bonchev–Trinajstić information content (AvgIpc) is 3.36. The van der Waals surface area contributed by atoms with Crippen LogP contribution in [0.1, 0.15) is 17.8 Å². The van der Waals surface area contributed by atoms with Gasteiger partial charge in [-0.1, -0.05) is 36.4 Å². The van der Waals surface area contributed by atoms with E-state index in [1.807, 2.05) is 29.1 Å². The van der Waals surface area contributed by atoms with Crippen molar-refractivity contribution in [2.24, 2.45) is 0 Å². The molecule has 29 heavy (non-hydrogen) atoms. The lowest BCUT2D eigenvalue weighted by atomic mass is 10.1. The minimum absolute atomic E-state index is 0.127. The van der Waals surface area contributed by atoms with Crippen LogP contribution in [-0.2, 0) is 13.0 Å². The molecule has 0 saturated heterocycles. The van der Waals surface area contributed by atoms with E-state index in [2.05, 4.69) is 46.4 Å². The highest BCUT2D eigenvalue weighted by atomic mass is 16.3. The Morgan fingerprint density at radius 1 is 1.00 bits per heavy atom. The molecule has 144 valence electrons. The summed E-state index contributed by atoms with van der Waals surface area (Å²) in [6.45, 7) is 0.759. The van der Waals surface area contributed by atoms with Crippen molar-refractivity contribution < 1.29 is 5.11 Å². The molecule has 0 aliphatic carbocycles.